The van der Waals surface area contributed by atoms with Crippen molar-refractivity contribution in [1.82, 2.24) is 19.3 Å². The normalized spacial score (nSPS) is 11.8. The zero-order valence-corrected chi connectivity index (χ0v) is 17.5. The van der Waals surface area contributed by atoms with E-state index in [9.17, 15) is 13.6 Å². The van der Waals surface area contributed by atoms with E-state index in [4.69, 9.17) is 23.2 Å². The second-order valence-electron chi connectivity index (χ2n) is 7.12. The number of pyridine rings is 1. The molecule has 0 aliphatic rings. The topological polar surface area (TPSA) is 55.6 Å². The molecule has 0 spiro atoms. The monoisotopic (exact) mass is 458 g/mol. The van der Waals surface area contributed by atoms with Crippen molar-refractivity contribution in [1.29, 1.82) is 0 Å². The molecule has 0 fully saturated rings. The second-order valence-corrected chi connectivity index (χ2v) is 7.97. The van der Waals surface area contributed by atoms with E-state index < -0.39 is 12.1 Å². The number of hydrogen-bond acceptors (Lipinski definition) is 2. The summed E-state index contributed by atoms with van der Waals surface area (Å²) in [7, 11) is 1.48. The van der Waals surface area contributed by atoms with Crippen LogP contribution in [-0.4, -0.2) is 19.3 Å². The Morgan fingerprint density at radius 1 is 1.00 bits per heavy atom. The molecule has 3 heterocycles. The maximum absolute atomic E-state index is 14.1. The van der Waals surface area contributed by atoms with Crippen LogP contribution in [0.4, 0.5) is 8.78 Å². The minimum absolute atomic E-state index is 0.128. The number of hydrogen-bond donors (Lipinski definition) is 1. The first kappa shape index (κ1) is 19.8. The van der Waals surface area contributed by atoms with Gasteiger partial charge in [0.25, 0.3) is 5.56 Å². The van der Waals surface area contributed by atoms with Gasteiger partial charge >= 0.3 is 6.55 Å². The van der Waals surface area contributed by atoms with Crippen LogP contribution in [0.2, 0.25) is 10.0 Å². The van der Waals surface area contributed by atoms with Gasteiger partial charge in [-0.2, -0.15) is 13.9 Å². The quantitative estimate of drug-likeness (QED) is 0.347. The molecule has 9 heteroatoms. The molecule has 5 nitrogen and oxygen atoms in total. The molecule has 0 saturated heterocycles. The van der Waals surface area contributed by atoms with Crippen molar-refractivity contribution in [2.24, 2.45) is 7.05 Å². The molecule has 3 aromatic heterocycles. The van der Waals surface area contributed by atoms with Crippen LogP contribution in [-0.2, 0) is 7.05 Å². The average Bonchev–Trinajstić information content (AvgIpc) is 3.37. The van der Waals surface area contributed by atoms with Gasteiger partial charge in [-0.25, -0.2) is 0 Å². The second kappa shape index (κ2) is 7.21. The van der Waals surface area contributed by atoms with Gasteiger partial charge in [-0.3, -0.25) is 19.0 Å². The Hall–Kier alpha value is -3.16. The number of H-pyrrole nitrogens is 1. The highest BCUT2D eigenvalue weighted by atomic mass is 35.5. The molecule has 0 radical (unpaired) electrons. The van der Waals surface area contributed by atoms with Crippen LogP contribution in [0.5, 0.6) is 0 Å². The van der Waals surface area contributed by atoms with E-state index in [1.807, 2.05) is 0 Å². The Morgan fingerprint density at radius 3 is 2.48 bits per heavy atom. The summed E-state index contributed by atoms with van der Waals surface area (Å²) in [4.78, 5) is 13.1. The number of fused-ring (bicyclic) bond motifs is 3. The third-order valence-corrected chi connectivity index (χ3v) is 5.92. The number of nitrogens with one attached hydrogen (secondary N) is 1. The molecular weight excluding hydrogens is 445 g/mol. The van der Waals surface area contributed by atoms with Gasteiger partial charge in [0.15, 0.2) is 0 Å². The predicted octanol–water partition coefficient (Wildman–Crippen LogP) is 6.25. The number of aryl methyl sites for hydroxylation is 1. The molecule has 0 aliphatic heterocycles. The molecule has 1 N–H and O–H groups in total. The Morgan fingerprint density at radius 2 is 1.81 bits per heavy atom. The first-order valence-electron chi connectivity index (χ1n) is 9.28. The summed E-state index contributed by atoms with van der Waals surface area (Å²) >= 11 is 12.3. The van der Waals surface area contributed by atoms with Gasteiger partial charge in [0, 0.05) is 45.7 Å². The van der Waals surface area contributed by atoms with Crippen LogP contribution < -0.4 is 5.56 Å². The highest BCUT2D eigenvalue weighted by Gasteiger charge is 2.22. The maximum atomic E-state index is 14.1. The number of rotatable bonds is 3. The number of aromatic amines is 1. The summed E-state index contributed by atoms with van der Waals surface area (Å²) in [6.45, 7) is -2.83. The molecule has 0 atom stereocenters. The van der Waals surface area contributed by atoms with Crippen molar-refractivity contribution in [2.45, 2.75) is 6.55 Å². The standard InChI is InChI=1S/C22H14Cl2F2N4O/c1-29-20-15(10-16(21(29)31)13-4-3-12(23)9-17(13)24)14-8-11(18-6-7-27-28-18)2-5-19(14)30(20)22(25)26/h2-10,22H,1H3,(H,27,28). The Kier molecular flexibility index (Phi) is 4.60. The van der Waals surface area contributed by atoms with Gasteiger partial charge in [-0.1, -0.05) is 35.3 Å². The average molecular weight is 459 g/mol. The molecular formula is C22H14Cl2F2N4O. The fraction of sp³-hybridized carbons (Fsp3) is 0.0909. The fourth-order valence-corrected chi connectivity index (χ4v) is 4.48. The van der Waals surface area contributed by atoms with Crippen molar-refractivity contribution in [2.75, 3.05) is 0 Å². The lowest BCUT2D eigenvalue weighted by Crippen LogP contribution is -2.21. The van der Waals surface area contributed by atoms with Crippen LogP contribution in [0.3, 0.4) is 0 Å². The summed E-state index contributed by atoms with van der Waals surface area (Å²) in [5.41, 5.74) is 2.24. The van der Waals surface area contributed by atoms with Crippen LogP contribution in [0.25, 0.3) is 44.3 Å². The summed E-state index contributed by atoms with van der Waals surface area (Å²) in [5, 5.41) is 8.75. The zero-order valence-electron chi connectivity index (χ0n) is 16.0. The third kappa shape index (κ3) is 3.04. The summed E-state index contributed by atoms with van der Waals surface area (Å²) in [5.74, 6) is 0. The van der Waals surface area contributed by atoms with Crippen molar-refractivity contribution >= 4 is 45.1 Å². The van der Waals surface area contributed by atoms with Gasteiger partial charge in [0.05, 0.1) is 16.2 Å². The van der Waals surface area contributed by atoms with Gasteiger partial charge in [-0.15, -0.1) is 0 Å². The number of benzene rings is 2. The van der Waals surface area contributed by atoms with Crippen molar-refractivity contribution < 1.29 is 8.78 Å². The summed E-state index contributed by atoms with van der Waals surface area (Å²) in [6, 6.07) is 13.4. The molecule has 31 heavy (non-hydrogen) atoms. The molecule has 5 rings (SSSR count). The number of alkyl halides is 2. The molecule has 0 unspecified atom stereocenters. The van der Waals surface area contributed by atoms with E-state index in [-0.39, 0.29) is 5.65 Å². The van der Waals surface area contributed by atoms with Gasteiger partial charge in [0.1, 0.15) is 5.65 Å². The van der Waals surface area contributed by atoms with Crippen molar-refractivity contribution in [3.05, 3.63) is 75.1 Å². The number of halogens is 4. The Labute approximate surface area is 184 Å². The van der Waals surface area contributed by atoms with E-state index in [1.165, 1.54) is 11.6 Å². The minimum atomic E-state index is -2.83. The van der Waals surface area contributed by atoms with Gasteiger partial charge in [0.2, 0.25) is 0 Å². The van der Waals surface area contributed by atoms with E-state index >= 15 is 0 Å². The Bertz CT molecular complexity index is 1520. The summed E-state index contributed by atoms with van der Waals surface area (Å²) < 4.78 is 30.2. The highest BCUT2D eigenvalue weighted by Crippen LogP contribution is 2.37. The zero-order chi connectivity index (χ0) is 21.9. The maximum Gasteiger partial charge on any atom is 0.320 e. The number of nitrogens with zero attached hydrogens (tertiary/aromatic N) is 3. The lowest BCUT2D eigenvalue weighted by Gasteiger charge is -2.11. The lowest BCUT2D eigenvalue weighted by molar-refractivity contribution is 0.0785. The molecule has 0 bridgehead atoms. The summed E-state index contributed by atoms with van der Waals surface area (Å²) in [6.07, 6.45) is 1.69. The predicted molar refractivity (Wildman–Crippen MR) is 119 cm³/mol. The van der Waals surface area contributed by atoms with Crippen LogP contribution >= 0.6 is 23.2 Å². The molecule has 5 aromatic rings. The van der Waals surface area contributed by atoms with E-state index in [2.05, 4.69) is 10.2 Å². The largest absolute Gasteiger partial charge is 0.320 e. The van der Waals surface area contributed by atoms with E-state index in [0.29, 0.717) is 43.2 Å². The molecule has 0 aliphatic carbocycles. The third-order valence-electron chi connectivity index (χ3n) is 5.37. The van der Waals surface area contributed by atoms with Crippen molar-refractivity contribution in [3.63, 3.8) is 0 Å². The molecule has 156 valence electrons. The van der Waals surface area contributed by atoms with Gasteiger partial charge < -0.3 is 0 Å². The smallest absolute Gasteiger partial charge is 0.297 e. The van der Waals surface area contributed by atoms with Crippen molar-refractivity contribution in [3.8, 4) is 22.4 Å². The fourth-order valence-electron chi connectivity index (χ4n) is 3.97. The Balaban J connectivity index is 1.91. The first-order valence-corrected chi connectivity index (χ1v) is 10.0. The first-order chi connectivity index (χ1) is 14.9. The van der Waals surface area contributed by atoms with Gasteiger partial charge in [-0.05, 0) is 36.4 Å². The lowest BCUT2D eigenvalue weighted by atomic mass is 10.0. The highest BCUT2D eigenvalue weighted by molar-refractivity contribution is 6.36. The van der Waals surface area contributed by atoms with Crippen LogP contribution in [0.15, 0.2) is 59.5 Å². The molecule has 2 aromatic carbocycles. The van der Waals surface area contributed by atoms with Crippen LogP contribution in [0.1, 0.15) is 6.55 Å². The van der Waals surface area contributed by atoms with E-state index in [0.717, 1.165) is 10.1 Å². The number of aromatic nitrogens is 4. The van der Waals surface area contributed by atoms with Crippen LogP contribution in [0, 0.1) is 0 Å². The molecule has 0 amide bonds. The SMILES string of the molecule is Cn1c(=O)c(-c2ccc(Cl)cc2Cl)cc2c3cc(-c4cc[nH]n4)ccc3n(C(F)F)c21. The van der Waals surface area contributed by atoms with E-state index in [1.54, 1.807) is 54.7 Å². The minimum Gasteiger partial charge on any atom is -0.297 e. The molecule has 0 saturated carbocycles.